The van der Waals surface area contributed by atoms with E-state index >= 15 is 0 Å². The lowest BCUT2D eigenvalue weighted by Crippen LogP contribution is -2.27. The molecule has 0 aromatic heterocycles. The highest BCUT2D eigenvalue weighted by Crippen LogP contribution is 2.37. The normalized spacial score (nSPS) is 19.2. The number of halogens is 1. The summed E-state index contributed by atoms with van der Waals surface area (Å²) >= 11 is 3.51. The van der Waals surface area contributed by atoms with Crippen molar-refractivity contribution in [2.75, 3.05) is 0 Å². The van der Waals surface area contributed by atoms with Gasteiger partial charge in [-0.15, -0.1) is 0 Å². The summed E-state index contributed by atoms with van der Waals surface area (Å²) in [4.78, 5) is 11.8. The Hall–Kier alpha value is -0.630. The molecule has 1 aromatic carbocycles. The van der Waals surface area contributed by atoms with E-state index in [1.807, 2.05) is 18.2 Å². The van der Waals surface area contributed by atoms with E-state index < -0.39 is 0 Å². The zero-order chi connectivity index (χ0) is 10.3. The highest BCUT2D eigenvalue weighted by atomic mass is 79.9. The predicted octanol–water partition coefficient (Wildman–Crippen LogP) is 3.60. The summed E-state index contributed by atoms with van der Waals surface area (Å²) in [7, 11) is 0. The third kappa shape index (κ3) is 1.63. The monoisotopic (exact) mass is 252 g/mol. The fraction of sp³-hybridized carbons (Fsp3) is 0.417. The number of carbonyl (C=O) groups excluding carboxylic acids is 1. The molecule has 2 rings (SSSR count). The van der Waals surface area contributed by atoms with Crippen molar-refractivity contribution < 1.29 is 4.79 Å². The van der Waals surface area contributed by atoms with Crippen LogP contribution in [0.25, 0.3) is 0 Å². The summed E-state index contributed by atoms with van der Waals surface area (Å²) in [5.74, 6) is 0.276. The van der Waals surface area contributed by atoms with Crippen molar-refractivity contribution in [3.63, 3.8) is 0 Å². The van der Waals surface area contributed by atoms with E-state index in [1.165, 1.54) is 5.56 Å². The van der Waals surface area contributed by atoms with Gasteiger partial charge in [-0.2, -0.15) is 0 Å². The molecule has 0 bridgehead atoms. The van der Waals surface area contributed by atoms with Crippen LogP contribution in [0.1, 0.15) is 36.2 Å². The second kappa shape index (κ2) is 3.20. The van der Waals surface area contributed by atoms with Crippen molar-refractivity contribution >= 4 is 21.7 Å². The molecule has 1 nitrogen and oxygen atoms in total. The van der Waals surface area contributed by atoms with Crippen LogP contribution in [0.2, 0.25) is 0 Å². The maximum atomic E-state index is 11.8. The summed E-state index contributed by atoms with van der Waals surface area (Å²) in [6.45, 7) is 4.29. The SMILES string of the molecule is CC1(C)CC(=O)c2cccc(Br)c2C1. The smallest absolute Gasteiger partial charge is 0.163 e. The predicted molar refractivity (Wildman–Crippen MR) is 60.6 cm³/mol. The van der Waals surface area contributed by atoms with Crippen LogP contribution in [0.4, 0.5) is 0 Å². The number of benzene rings is 1. The van der Waals surface area contributed by atoms with Gasteiger partial charge in [0.2, 0.25) is 0 Å². The fourth-order valence-corrected chi connectivity index (χ4v) is 2.58. The molecule has 1 aliphatic carbocycles. The molecular formula is C12H13BrO. The van der Waals surface area contributed by atoms with Gasteiger partial charge in [0.25, 0.3) is 0 Å². The van der Waals surface area contributed by atoms with Crippen molar-refractivity contribution in [1.29, 1.82) is 0 Å². The van der Waals surface area contributed by atoms with Crippen molar-refractivity contribution in [2.45, 2.75) is 26.7 Å². The van der Waals surface area contributed by atoms with E-state index in [4.69, 9.17) is 0 Å². The topological polar surface area (TPSA) is 17.1 Å². The molecule has 0 fully saturated rings. The number of ketones is 1. The number of Topliss-reactive ketones (excluding diaryl/α,β-unsaturated/α-hetero) is 1. The molecule has 0 saturated carbocycles. The van der Waals surface area contributed by atoms with Crippen LogP contribution < -0.4 is 0 Å². The summed E-state index contributed by atoms with van der Waals surface area (Å²) in [5.41, 5.74) is 2.18. The highest BCUT2D eigenvalue weighted by Gasteiger charge is 2.31. The molecule has 0 aliphatic heterocycles. The molecule has 0 amide bonds. The van der Waals surface area contributed by atoms with Crippen LogP contribution in [0.5, 0.6) is 0 Å². The summed E-state index contributed by atoms with van der Waals surface area (Å²) in [5, 5.41) is 0. The molecule has 0 radical (unpaired) electrons. The van der Waals surface area contributed by atoms with Crippen molar-refractivity contribution in [1.82, 2.24) is 0 Å². The van der Waals surface area contributed by atoms with Crippen LogP contribution in [-0.4, -0.2) is 5.78 Å². The standard InChI is InChI=1S/C12H13BrO/c1-12(2)6-9-8(11(14)7-12)4-3-5-10(9)13/h3-5H,6-7H2,1-2H3. The summed E-state index contributed by atoms with van der Waals surface area (Å²) in [6.07, 6.45) is 1.64. The number of hydrogen-bond acceptors (Lipinski definition) is 1. The van der Waals surface area contributed by atoms with E-state index in [0.29, 0.717) is 6.42 Å². The average molecular weight is 253 g/mol. The minimum Gasteiger partial charge on any atom is -0.294 e. The van der Waals surface area contributed by atoms with E-state index in [0.717, 1.165) is 16.5 Å². The van der Waals surface area contributed by atoms with Crippen molar-refractivity contribution in [3.8, 4) is 0 Å². The van der Waals surface area contributed by atoms with Gasteiger partial charge in [-0.05, 0) is 23.5 Å². The highest BCUT2D eigenvalue weighted by molar-refractivity contribution is 9.10. The van der Waals surface area contributed by atoms with Crippen LogP contribution in [-0.2, 0) is 6.42 Å². The summed E-state index contributed by atoms with van der Waals surface area (Å²) in [6, 6.07) is 5.87. The van der Waals surface area contributed by atoms with Crippen molar-refractivity contribution in [2.24, 2.45) is 5.41 Å². The molecular weight excluding hydrogens is 240 g/mol. The Morgan fingerprint density at radius 3 is 2.71 bits per heavy atom. The zero-order valence-corrected chi connectivity index (χ0v) is 10.0. The lowest BCUT2D eigenvalue weighted by atomic mass is 9.74. The molecule has 0 atom stereocenters. The number of rotatable bonds is 0. The molecule has 14 heavy (non-hydrogen) atoms. The van der Waals surface area contributed by atoms with Crippen LogP contribution >= 0.6 is 15.9 Å². The Balaban J connectivity index is 2.56. The first kappa shape index (κ1) is 9.91. The maximum absolute atomic E-state index is 11.8. The van der Waals surface area contributed by atoms with E-state index in [1.54, 1.807) is 0 Å². The van der Waals surface area contributed by atoms with Crippen molar-refractivity contribution in [3.05, 3.63) is 33.8 Å². The van der Waals surface area contributed by atoms with Gasteiger partial charge in [-0.1, -0.05) is 41.9 Å². The Morgan fingerprint density at radius 2 is 2.00 bits per heavy atom. The zero-order valence-electron chi connectivity index (χ0n) is 8.43. The number of hydrogen-bond donors (Lipinski definition) is 0. The van der Waals surface area contributed by atoms with Crippen LogP contribution in [0, 0.1) is 5.41 Å². The molecule has 0 saturated heterocycles. The van der Waals surface area contributed by atoms with Gasteiger partial charge in [0.1, 0.15) is 0 Å². The first-order valence-electron chi connectivity index (χ1n) is 4.80. The van der Waals surface area contributed by atoms with Gasteiger partial charge in [0.05, 0.1) is 0 Å². The second-order valence-corrected chi connectivity index (χ2v) is 5.56. The number of carbonyl (C=O) groups is 1. The molecule has 0 unspecified atom stereocenters. The average Bonchev–Trinajstić information content (AvgIpc) is 2.05. The molecule has 1 aromatic rings. The molecule has 1 aliphatic rings. The molecule has 0 N–H and O–H groups in total. The third-order valence-electron chi connectivity index (χ3n) is 2.71. The third-order valence-corrected chi connectivity index (χ3v) is 3.46. The fourth-order valence-electron chi connectivity index (χ4n) is 2.07. The maximum Gasteiger partial charge on any atom is 0.163 e. The number of fused-ring (bicyclic) bond motifs is 1. The molecule has 0 spiro atoms. The van der Waals surface area contributed by atoms with Crippen LogP contribution in [0.3, 0.4) is 0 Å². The van der Waals surface area contributed by atoms with E-state index in [9.17, 15) is 4.79 Å². The van der Waals surface area contributed by atoms with Gasteiger partial charge < -0.3 is 0 Å². The first-order chi connectivity index (χ1) is 6.49. The van der Waals surface area contributed by atoms with E-state index in [-0.39, 0.29) is 11.2 Å². The quantitative estimate of drug-likeness (QED) is 0.690. The Labute approximate surface area is 92.6 Å². The molecule has 0 heterocycles. The molecule has 74 valence electrons. The Bertz CT molecular complexity index is 393. The minimum atomic E-state index is 0.105. The van der Waals surface area contributed by atoms with E-state index in [2.05, 4.69) is 29.8 Å². The van der Waals surface area contributed by atoms with Gasteiger partial charge in [0.15, 0.2) is 5.78 Å². The Kier molecular flexibility index (Phi) is 2.26. The molecule has 2 heteroatoms. The van der Waals surface area contributed by atoms with Crippen LogP contribution in [0.15, 0.2) is 22.7 Å². The Morgan fingerprint density at radius 1 is 1.29 bits per heavy atom. The van der Waals surface area contributed by atoms with Gasteiger partial charge >= 0.3 is 0 Å². The lowest BCUT2D eigenvalue weighted by molar-refractivity contribution is 0.0912. The van der Waals surface area contributed by atoms with Gasteiger partial charge in [-0.3, -0.25) is 4.79 Å². The second-order valence-electron chi connectivity index (χ2n) is 4.71. The van der Waals surface area contributed by atoms with Gasteiger partial charge in [0, 0.05) is 16.5 Å². The van der Waals surface area contributed by atoms with Gasteiger partial charge in [-0.25, -0.2) is 0 Å². The lowest BCUT2D eigenvalue weighted by Gasteiger charge is -2.30. The minimum absolute atomic E-state index is 0.105. The summed E-state index contributed by atoms with van der Waals surface area (Å²) < 4.78 is 1.07. The largest absolute Gasteiger partial charge is 0.294 e. The first-order valence-corrected chi connectivity index (χ1v) is 5.59.